The van der Waals surface area contributed by atoms with Crippen LogP contribution in [0, 0.1) is 23.6 Å². The zero-order valence-electron chi connectivity index (χ0n) is 12.2. The lowest BCUT2D eigenvalue weighted by atomic mass is 10.1. The van der Waals surface area contributed by atoms with E-state index in [1.165, 1.54) is 12.1 Å². The molecule has 3 nitrogen and oxygen atoms in total. The zero-order chi connectivity index (χ0) is 15.2. The quantitative estimate of drug-likeness (QED) is 0.818. The van der Waals surface area contributed by atoms with Crippen LogP contribution in [0.2, 0.25) is 0 Å². The predicted molar refractivity (Wildman–Crippen MR) is 79.3 cm³/mol. The van der Waals surface area contributed by atoms with Crippen molar-refractivity contribution < 1.29 is 14.3 Å². The third kappa shape index (κ3) is 4.30. The summed E-state index contributed by atoms with van der Waals surface area (Å²) < 4.78 is 13.9. The Hall–Kier alpha value is -1.86. The molecule has 0 aromatic heterocycles. The number of aliphatic hydroxyl groups excluding tert-OH is 1. The van der Waals surface area contributed by atoms with Crippen LogP contribution in [-0.2, 0) is 0 Å². The van der Waals surface area contributed by atoms with Crippen molar-refractivity contribution >= 4 is 5.91 Å². The van der Waals surface area contributed by atoms with E-state index >= 15 is 0 Å². The minimum Gasteiger partial charge on any atom is -0.395 e. The minimum absolute atomic E-state index is 0.0176. The fourth-order valence-electron chi connectivity index (χ4n) is 2.36. The highest BCUT2D eigenvalue weighted by molar-refractivity contribution is 5.95. The van der Waals surface area contributed by atoms with Crippen molar-refractivity contribution in [2.24, 2.45) is 5.92 Å². The molecule has 4 heteroatoms. The highest BCUT2D eigenvalue weighted by atomic mass is 19.1. The number of amides is 1. The van der Waals surface area contributed by atoms with Crippen LogP contribution >= 0.6 is 0 Å². The Kier molecular flexibility index (Phi) is 5.35. The first-order valence-electron chi connectivity index (χ1n) is 7.35. The van der Waals surface area contributed by atoms with E-state index in [2.05, 4.69) is 24.1 Å². The molecule has 1 fully saturated rings. The van der Waals surface area contributed by atoms with E-state index in [4.69, 9.17) is 5.11 Å². The Balaban J connectivity index is 1.97. The summed E-state index contributed by atoms with van der Waals surface area (Å²) in [5.74, 6) is 5.10. The van der Waals surface area contributed by atoms with Crippen molar-refractivity contribution in [3.05, 3.63) is 35.1 Å². The average Bonchev–Trinajstić information content (AvgIpc) is 3.17. The average molecular weight is 289 g/mol. The molecule has 0 spiro atoms. The zero-order valence-corrected chi connectivity index (χ0v) is 12.2. The Morgan fingerprint density at radius 2 is 2.33 bits per heavy atom. The van der Waals surface area contributed by atoms with Gasteiger partial charge in [0, 0.05) is 18.0 Å². The molecule has 1 aromatic carbocycles. The molecule has 1 aromatic rings. The maximum atomic E-state index is 13.9. The molecule has 0 saturated heterocycles. The maximum absolute atomic E-state index is 13.9. The molecule has 1 aliphatic rings. The van der Waals surface area contributed by atoms with Gasteiger partial charge in [0.25, 0.3) is 5.91 Å². The van der Waals surface area contributed by atoms with Gasteiger partial charge in [-0.05, 0) is 37.0 Å². The molecule has 0 bridgehead atoms. The lowest BCUT2D eigenvalue weighted by Crippen LogP contribution is -2.27. The Morgan fingerprint density at radius 1 is 1.52 bits per heavy atom. The van der Waals surface area contributed by atoms with Crippen LogP contribution in [0.3, 0.4) is 0 Å². The van der Waals surface area contributed by atoms with E-state index in [0.29, 0.717) is 17.9 Å². The highest BCUT2D eigenvalue weighted by Crippen LogP contribution is 2.34. The number of carbonyl (C=O) groups is 1. The summed E-state index contributed by atoms with van der Waals surface area (Å²) in [5, 5.41) is 11.5. The van der Waals surface area contributed by atoms with Gasteiger partial charge in [-0.3, -0.25) is 4.79 Å². The molecule has 1 amide bonds. The molecule has 2 atom stereocenters. The second kappa shape index (κ2) is 7.24. The van der Waals surface area contributed by atoms with Crippen molar-refractivity contribution in [2.75, 3.05) is 6.61 Å². The fourth-order valence-corrected chi connectivity index (χ4v) is 2.36. The van der Waals surface area contributed by atoms with Gasteiger partial charge >= 0.3 is 0 Å². The highest BCUT2D eigenvalue weighted by Gasteiger charge is 2.37. The number of rotatable bonds is 5. The lowest BCUT2D eigenvalue weighted by molar-refractivity contribution is 0.0945. The third-order valence-electron chi connectivity index (χ3n) is 3.58. The molecule has 2 rings (SSSR count). The summed E-state index contributed by atoms with van der Waals surface area (Å²) in [6.07, 6.45) is 3.55. The first-order valence-corrected chi connectivity index (χ1v) is 7.35. The fraction of sp³-hybridized carbons (Fsp3) is 0.471. The molecular weight excluding hydrogens is 269 g/mol. The number of benzene rings is 1. The molecule has 112 valence electrons. The van der Waals surface area contributed by atoms with Gasteiger partial charge in [0.1, 0.15) is 5.82 Å². The molecule has 1 aliphatic carbocycles. The molecule has 0 heterocycles. The normalized spacial score (nSPS) is 19.6. The summed E-state index contributed by atoms with van der Waals surface area (Å²) in [6, 6.07) is 4.54. The summed E-state index contributed by atoms with van der Waals surface area (Å²) >= 11 is 0. The molecule has 1 saturated carbocycles. The Labute approximate surface area is 124 Å². The SMILES string of the molecule is CCCC1CC1NC(=O)c1ccc(C#CCCO)cc1F. The predicted octanol–water partition coefficient (Wildman–Crippen LogP) is 2.48. The van der Waals surface area contributed by atoms with Crippen molar-refractivity contribution in [3.8, 4) is 11.8 Å². The molecule has 21 heavy (non-hydrogen) atoms. The first kappa shape index (κ1) is 15.5. The summed E-state index contributed by atoms with van der Waals surface area (Å²) in [6.45, 7) is 2.10. The second-order valence-corrected chi connectivity index (χ2v) is 5.33. The lowest BCUT2D eigenvalue weighted by Gasteiger charge is -2.06. The third-order valence-corrected chi connectivity index (χ3v) is 3.58. The van der Waals surface area contributed by atoms with Gasteiger partial charge in [0.15, 0.2) is 0 Å². The van der Waals surface area contributed by atoms with E-state index < -0.39 is 5.82 Å². The molecule has 2 N–H and O–H groups in total. The van der Waals surface area contributed by atoms with Crippen LogP contribution in [0.5, 0.6) is 0 Å². The van der Waals surface area contributed by atoms with Crippen molar-refractivity contribution in [3.63, 3.8) is 0 Å². The summed E-state index contributed by atoms with van der Waals surface area (Å²) in [5.41, 5.74) is 0.567. The van der Waals surface area contributed by atoms with E-state index in [9.17, 15) is 9.18 Å². The molecule has 2 unspecified atom stereocenters. The van der Waals surface area contributed by atoms with Gasteiger partial charge in [0.05, 0.1) is 12.2 Å². The van der Waals surface area contributed by atoms with E-state index in [1.807, 2.05) is 0 Å². The van der Waals surface area contributed by atoms with Crippen LogP contribution in [0.1, 0.15) is 48.5 Å². The second-order valence-electron chi connectivity index (χ2n) is 5.33. The maximum Gasteiger partial charge on any atom is 0.254 e. The van der Waals surface area contributed by atoms with Gasteiger partial charge in [-0.1, -0.05) is 25.2 Å². The van der Waals surface area contributed by atoms with E-state index in [-0.39, 0.29) is 24.1 Å². The number of aliphatic hydroxyl groups is 1. The standard InChI is InChI=1S/C17H20FNO2/c1-2-5-13-11-16(13)19-17(21)14-8-7-12(10-15(14)18)6-3-4-9-20/h7-8,10,13,16,20H,2,4-5,9,11H2,1H3,(H,19,21). The van der Waals surface area contributed by atoms with Crippen LogP contribution in [0.25, 0.3) is 0 Å². The number of halogens is 1. The topological polar surface area (TPSA) is 49.3 Å². The van der Waals surface area contributed by atoms with Gasteiger partial charge in [-0.15, -0.1) is 0 Å². The smallest absolute Gasteiger partial charge is 0.254 e. The van der Waals surface area contributed by atoms with Crippen molar-refractivity contribution in [1.29, 1.82) is 0 Å². The number of hydrogen-bond acceptors (Lipinski definition) is 2. The van der Waals surface area contributed by atoms with E-state index in [0.717, 1.165) is 19.3 Å². The van der Waals surface area contributed by atoms with Gasteiger partial charge in [0.2, 0.25) is 0 Å². The Bertz CT molecular complexity index is 574. The van der Waals surface area contributed by atoms with Crippen LogP contribution in [-0.4, -0.2) is 23.7 Å². The Morgan fingerprint density at radius 3 is 3.00 bits per heavy atom. The van der Waals surface area contributed by atoms with Crippen LogP contribution < -0.4 is 5.32 Å². The minimum atomic E-state index is -0.559. The van der Waals surface area contributed by atoms with E-state index in [1.54, 1.807) is 6.07 Å². The molecule has 0 radical (unpaired) electrons. The van der Waals surface area contributed by atoms with Crippen LogP contribution in [0.4, 0.5) is 4.39 Å². The molecular formula is C17H20FNO2. The van der Waals surface area contributed by atoms with Crippen molar-refractivity contribution in [1.82, 2.24) is 5.32 Å². The largest absolute Gasteiger partial charge is 0.395 e. The van der Waals surface area contributed by atoms with Gasteiger partial charge in [-0.2, -0.15) is 0 Å². The molecule has 0 aliphatic heterocycles. The van der Waals surface area contributed by atoms with Crippen molar-refractivity contribution in [2.45, 2.75) is 38.6 Å². The summed E-state index contributed by atoms with van der Waals surface area (Å²) in [7, 11) is 0. The monoisotopic (exact) mass is 289 g/mol. The van der Waals surface area contributed by atoms with Gasteiger partial charge in [-0.25, -0.2) is 4.39 Å². The number of carbonyl (C=O) groups excluding carboxylic acids is 1. The number of nitrogens with one attached hydrogen (secondary N) is 1. The summed E-state index contributed by atoms with van der Waals surface area (Å²) in [4.78, 5) is 12.0. The number of hydrogen-bond donors (Lipinski definition) is 2. The van der Waals surface area contributed by atoms with Crippen LogP contribution in [0.15, 0.2) is 18.2 Å². The van der Waals surface area contributed by atoms with Gasteiger partial charge < -0.3 is 10.4 Å². The first-order chi connectivity index (χ1) is 10.2.